The molecule has 29 heavy (non-hydrogen) atoms. The van der Waals surface area contributed by atoms with Gasteiger partial charge in [0.2, 0.25) is 5.75 Å². The molecule has 1 aromatic carbocycles. The number of phenols is 1. The molecule has 0 unspecified atom stereocenters. The smallest absolute Gasteiger partial charge is 0.320 e. The molecule has 1 aliphatic rings. The third-order valence-corrected chi connectivity index (χ3v) is 4.96. The lowest BCUT2D eigenvalue weighted by Gasteiger charge is -2.38. The Bertz CT molecular complexity index is 710. The first-order valence-corrected chi connectivity index (χ1v) is 10.4. The fourth-order valence-electron chi connectivity index (χ4n) is 3.58. The molecule has 1 aromatic rings. The molecule has 7 nitrogen and oxygen atoms in total. The summed E-state index contributed by atoms with van der Waals surface area (Å²) in [7, 11) is 1.43. The van der Waals surface area contributed by atoms with E-state index in [0.29, 0.717) is 37.0 Å². The van der Waals surface area contributed by atoms with Crippen molar-refractivity contribution in [2.24, 2.45) is 0 Å². The highest BCUT2D eigenvalue weighted by atomic mass is 16.7. The summed E-state index contributed by atoms with van der Waals surface area (Å²) in [5, 5.41) is 10.6. The maximum Gasteiger partial charge on any atom is 0.320 e. The van der Waals surface area contributed by atoms with E-state index < -0.39 is 24.1 Å². The Morgan fingerprint density at radius 1 is 1.07 bits per heavy atom. The second-order valence-electron chi connectivity index (χ2n) is 7.17. The van der Waals surface area contributed by atoms with Crippen LogP contribution < -0.4 is 9.47 Å². The van der Waals surface area contributed by atoms with E-state index >= 15 is 0 Å². The molecule has 162 valence electrons. The maximum atomic E-state index is 12.2. The largest absolute Gasteiger partial charge is 0.502 e. The fourth-order valence-corrected chi connectivity index (χ4v) is 3.58. The third-order valence-electron chi connectivity index (χ3n) is 4.96. The summed E-state index contributed by atoms with van der Waals surface area (Å²) in [5.41, 5.74) is 1.12. The summed E-state index contributed by atoms with van der Waals surface area (Å²) >= 11 is 0. The van der Waals surface area contributed by atoms with Crippen LogP contribution in [0.5, 0.6) is 17.2 Å². The van der Waals surface area contributed by atoms with Crippen LogP contribution in [0.2, 0.25) is 0 Å². The number of carbonyl (C=O) groups is 2. The van der Waals surface area contributed by atoms with Crippen LogP contribution in [0.3, 0.4) is 0 Å². The molecule has 2 rings (SSSR count). The van der Waals surface area contributed by atoms with Gasteiger partial charge >= 0.3 is 11.9 Å². The van der Waals surface area contributed by atoms with Crippen LogP contribution in [0.15, 0.2) is 6.07 Å². The van der Waals surface area contributed by atoms with Gasteiger partial charge in [-0.2, -0.15) is 0 Å². The van der Waals surface area contributed by atoms with Gasteiger partial charge in [0.1, 0.15) is 6.42 Å². The van der Waals surface area contributed by atoms with Crippen LogP contribution in [-0.4, -0.2) is 30.8 Å². The molecule has 0 aromatic heterocycles. The molecular formula is C22H32O7. The van der Waals surface area contributed by atoms with Gasteiger partial charge in [0.25, 0.3) is 5.79 Å². The van der Waals surface area contributed by atoms with Crippen LogP contribution in [0.4, 0.5) is 0 Å². The zero-order chi connectivity index (χ0) is 21.4. The second kappa shape index (κ2) is 10.4. The summed E-state index contributed by atoms with van der Waals surface area (Å²) in [4.78, 5) is 24.4. The molecule has 1 heterocycles. The lowest BCUT2D eigenvalue weighted by molar-refractivity contribution is -0.252. The summed E-state index contributed by atoms with van der Waals surface area (Å²) in [6.07, 6.45) is 4.87. The predicted octanol–water partition coefficient (Wildman–Crippen LogP) is 4.37. The minimum absolute atomic E-state index is 0.115. The number of benzene rings is 1. The number of unbranched alkanes of at least 4 members (excludes halogenated alkanes) is 3. The van der Waals surface area contributed by atoms with Crippen LogP contribution in [0.1, 0.15) is 76.8 Å². The number of aromatic hydroxyl groups is 1. The van der Waals surface area contributed by atoms with Gasteiger partial charge in [0.05, 0.1) is 13.7 Å². The third kappa shape index (κ3) is 5.14. The molecule has 1 N–H and O–H groups in total. The van der Waals surface area contributed by atoms with E-state index in [1.807, 2.05) is 13.8 Å². The molecule has 0 saturated carbocycles. The van der Waals surface area contributed by atoms with Gasteiger partial charge in [-0.25, -0.2) is 0 Å². The molecule has 1 aliphatic heterocycles. The fraction of sp³-hybridized carbons (Fsp3) is 0.636. The zero-order valence-electron chi connectivity index (χ0n) is 17.8. The van der Waals surface area contributed by atoms with Crippen molar-refractivity contribution >= 4 is 11.9 Å². The molecule has 0 atom stereocenters. The Balaban J connectivity index is 2.61. The summed E-state index contributed by atoms with van der Waals surface area (Å²) < 4.78 is 22.5. The molecule has 7 heteroatoms. The second-order valence-corrected chi connectivity index (χ2v) is 7.17. The first-order chi connectivity index (χ1) is 13.9. The number of esters is 2. The van der Waals surface area contributed by atoms with Gasteiger partial charge in [-0.05, 0) is 25.3 Å². The lowest BCUT2D eigenvalue weighted by Crippen LogP contribution is -2.43. The van der Waals surface area contributed by atoms with Gasteiger partial charge in [-0.3, -0.25) is 9.59 Å². The number of cyclic esters (lactones) is 2. The number of hydrogen-bond donors (Lipinski definition) is 1. The molecule has 0 amide bonds. The van der Waals surface area contributed by atoms with Crippen molar-refractivity contribution in [2.45, 2.75) is 77.9 Å². The zero-order valence-corrected chi connectivity index (χ0v) is 17.8. The van der Waals surface area contributed by atoms with E-state index in [2.05, 4.69) is 6.92 Å². The van der Waals surface area contributed by atoms with Gasteiger partial charge in [0, 0.05) is 17.5 Å². The normalized spacial score (nSPS) is 15.6. The van der Waals surface area contributed by atoms with Crippen molar-refractivity contribution in [1.82, 2.24) is 0 Å². The van der Waals surface area contributed by atoms with Crippen LogP contribution in [-0.2, 0) is 31.3 Å². The predicted molar refractivity (Wildman–Crippen MR) is 107 cm³/mol. The molecular weight excluding hydrogens is 376 g/mol. The van der Waals surface area contributed by atoms with Gasteiger partial charge in [-0.15, -0.1) is 0 Å². The van der Waals surface area contributed by atoms with Crippen molar-refractivity contribution < 1.29 is 33.6 Å². The SMILES string of the molecule is CCCCCCC1(c2cc(OC)c(O)c(OCCC)c2CC)OC(=O)CC(=O)O1. The highest BCUT2D eigenvalue weighted by Crippen LogP contribution is 2.48. The van der Waals surface area contributed by atoms with Crippen molar-refractivity contribution in [3.05, 3.63) is 17.2 Å². The average Bonchev–Trinajstić information content (AvgIpc) is 2.69. The number of methoxy groups -OCH3 is 1. The van der Waals surface area contributed by atoms with Crippen molar-refractivity contribution in [2.75, 3.05) is 13.7 Å². The van der Waals surface area contributed by atoms with Crippen molar-refractivity contribution in [3.8, 4) is 17.2 Å². The van der Waals surface area contributed by atoms with E-state index in [4.69, 9.17) is 18.9 Å². The molecule has 0 aliphatic carbocycles. The molecule has 0 spiro atoms. The summed E-state index contributed by atoms with van der Waals surface area (Å²) in [6, 6.07) is 1.58. The molecule has 1 fully saturated rings. The number of rotatable bonds is 11. The van der Waals surface area contributed by atoms with Crippen LogP contribution in [0.25, 0.3) is 0 Å². The first kappa shape index (κ1) is 22.8. The number of phenolic OH excluding ortho intramolecular Hbond substituents is 1. The Hall–Kier alpha value is -2.44. The summed E-state index contributed by atoms with van der Waals surface area (Å²) in [5.74, 6) is -2.46. The lowest BCUT2D eigenvalue weighted by atomic mass is 9.91. The average molecular weight is 408 g/mol. The van der Waals surface area contributed by atoms with E-state index in [9.17, 15) is 14.7 Å². The Morgan fingerprint density at radius 2 is 1.76 bits per heavy atom. The van der Waals surface area contributed by atoms with E-state index in [1.165, 1.54) is 7.11 Å². The van der Waals surface area contributed by atoms with Gasteiger partial charge in [-0.1, -0.05) is 40.0 Å². The molecule has 0 bridgehead atoms. The van der Waals surface area contributed by atoms with Crippen molar-refractivity contribution in [1.29, 1.82) is 0 Å². The number of hydrogen-bond acceptors (Lipinski definition) is 7. The van der Waals surface area contributed by atoms with Crippen LogP contribution in [0, 0.1) is 0 Å². The molecule has 1 saturated heterocycles. The van der Waals surface area contributed by atoms with E-state index in [-0.39, 0.29) is 17.2 Å². The summed E-state index contributed by atoms with van der Waals surface area (Å²) in [6.45, 7) is 6.37. The van der Waals surface area contributed by atoms with Crippen molar-refractivity contribution in [3.63, 3.8) is 0 Å². The Morgan fingerprint density at radius 3 is 2.31 bits per heavy atom. The monoisotopic (exact) mass is 408 g/mol. The standard InChI is InChI=1S/C22H32O7/c1-5-8-9-10-11-22(28-18(23)14-19(24)29-22)16-13-17(26-4)20(25)21(15(16)7-3)27-12-6-2/h13,25H,5-12,14H2,1-4H3. The molecule has 0 radical (unpaired) electrons. The minimum atomic E-state index is -1.54. The first-order valence-electron chi connectivity index (χ1n) is 10.4. The quantitative estimate of drug-likeness (QED) is 0.330. The Kier molecular flexibility index (Phi) is 8.17. The minimum Gasteiger partial charge on any atom is -0.502 e. The maximum absolute atomic E-state index is 12.2. The van der Waals surface area contributed by atoms with Gasteiger partial charge in [0.15, 0.2) is 11.5 Å². The number of ether oxygens (including phenoxy) is 4. The van der Waals surface area contributed by atoms with E-state index in [1.54, 1.807) is 6.07 Å². The highest BCUT2D eigenvalue weighted by molar-refractivity contribution is 5.93. The van der Waals surface area contributed by atoms with Gasteiger partial charge < -0.3 is 24.1 Å². The number of carbonyl (C=O) groups excluding carboxylic acids is 2. The van der Waals surface area contributed by atoms with E-state index in [0.717, 1.165) is 25.7 Å². The van der Waals surface area contributed by atoms with Crippen LogP contribution >= 0.6 is 0 Å². The topological polar surface area (TPSA) is 91.3 Å². The highest BCUT2D eigenvalue weighted by Gasteiger charge is 2.47. The Labute approximate surface area is 172 Å².